The molecule has 1 aliphatic rings. The molecule has 1 aromatic carbocycles. The third kappa shape index (κ3) is 4.10. The van der Waals surface area contributed by atoms with Crippen molar-refractivity contribution in [2.45, 2.75) is 37.8 Å². The van der Waals surface area contributed by atoms with Crippen molar-refractivity contribution in [3.8, 4) is 17.0 Å². The number of hydrogen-bond acceptors (Lipinski definition) is 5. The van der Waals surface area contributed by atoms with Crippen molar-refractivity contribution in [1.29, 1.82) is 0 Å². The van der Waals surface area contributed by atoms with Crippen LogP contribution in [0.3, 0.4) is 0 Å². The lowest BCUT2D eigenvalue weighted by Crippen LogP contribution is -2.31. The van der Waals surface area contributed by atoms with Gasteiger partial charge in [0.25, 0.3) is 0 Å². The zero-order valence-corrected chi connectivity index (χ0v) is 18.4. The summed E-state index contributed by atoms with van der Waals surface area (Å²) in [6, 6.07) is 10.1. The lowest BCUT2D eigenvalue weighted by Gasteiger charge is -2.30. The van der Waals surface area contributed by atoms with Crippen LogP contribution in [0.25, 0.3) is 22.2 Å². The van der Waals surface area contributed by atoms with Crippen molar-refractivity contribution in [2.75, 3.05) is 5.32 Å². The fourth-order valence-corrected chi connectivity index (χ4v) is 4.42. The molecule has 3 heterocycles. The molecule has 1 fully saturated rings. The average Bonchev–Trinajstić information content (AvgIpc) is 3.34. The van der Waals surface area contributed by atoms with E-state index in [0.717, 1.165) is 59.4 Å². The summed E-state index contributed by atoms with van der Waals surface area (Å²) in [4.78, 5) is 4.67. The van der Waals surface area contributed by atoms with Gasteiger partial charge >= 0.3 is 0 Å². The Balaban J connectivity index is 1.25. The minimum atomic E-state index is 0.201. The van der Waals surface area contributed by atoms with Crippen LogP contribution in [0.5, 0.6) is 5.75 Å². The van der Waals surface area contributed by atoms with Gasteiger partial charge in [0.05, 0.1) is 22.8 Å². The lowest BCUT2D eigenvalue weighted by atomic mass is 9.93. The van der Waals surface area contributed by atoms with Crippen LogP contribution in [0.2, 0.25) is 5.02 Å². The molecule has 0 atom stereocenters. The van der Waals surface area contributed by atoms with Gasteiger partial charge in [0.15, 0.2) is 0 Å². The third-order valence-corrected chi connectivity index (χ3v) is 6.18. The molecule has 0 unspecified atom stereocenters. The Bertz CT molecular complexity index is 1210. The number of fused-ring (bicyclic) bond motifs is 1. The summed E-state index contributed by atoms with van der Waals surface area (Å²) in [6.07, 6.45) is 9.94. The van der Waals surface area contributed by atoms with Crippen LogP contribution in [0.1, 0.15) is 25.7 Å². The molecule has 0 radical (unpaired) electrons. The molecule has 0 aliphatic heterocycles. The quantitative estimate of drug-likeness (QED) is 0.485. The monoisotopic (exact) mass is 436 g/mol. The molecule has 0 saturated heterocycles. The lowest BCUT2D eigenvalue weighted by molar-refractivity contribution is 0.150. The van der Waals surface area contributed by atoms with E-state index in [0.29, 0.717) is 11.1 Å². The van der Waals surface area contributed by atoms with Crippen molar-refractivity contribution in [1.82, 2.24) is 24.5 Å². The predicted octanol–water partition coefficient (Wildman–Crippen LogP) is 4.82. The van der Waals surface area contributed by atoms with Gasteiger partial charge in [0.2, 0.25) is 0 Å². The van der Waals surface area contributed by atoms with E-state index in [2.05, 4.69) is 26.6 Å². The number of ether oxygens (including phenoxy) is 1. The first-order chi connectivity index (χ1) is 15.1. The van der Waals surface area contributed by atoms with Crippen LogP contribution in [-0.2, 0) is 14.1 Å². The highest BCUT2D eigenvalue weighted by Gasteiger charge is 2.23. The first-order valence-electron chi connectivity index (χ1n) is 10.6. The third-order valence-electron chi connectivity index (χ3n) is 5.87. The number of halogens is 1. The molecule has 1 aliphatic carbocycles. The molecule has 8 heteroatoms. The van der Waals surface area contributed by atoms with E-state index >= 15 is 0 Å². The summed E-state index contributed by atoms with van der Waals surface area (Å²) in [5.41, 5.74) is 2.95. The number of rotatable bonds is 5. The number of para-hydroxylation sites is 1. The molecule has 31 heavy (non-hydrogen) atoms. The second-order valence-corrected chi connectivity index (χ2v) is 8.54. The fraction of sp³-hybridized carbons (Fsp3) is 0.348. The predicted molar refractivity (Wildman–Crippen MR) is 122 cm³/mol. The molecule has 0 bridgehead atoms. The number of hydrogen-bond donors (Lipinski definition) is 1. The van der Waals surface area contributed by atoms with Crippen molar-refractivity contribution in [3.05, 3.63) is 53.9 Å². The van der Waals surface area contributed by atoms with Gasteiger partial charge in [-0.25, -0.2) is 4.98 Å². The highest BCUT2D eigenvalue weighted by Crippen LogP contribution is 2.31. The number of nitrogens with one attached hydrogen (secondary N) is 1. The fourth-order valence-electron chi connectivity index (χ4n) is 4.24. The molecular weight excluding hydrogens is 412 g/mol. The highest BCUT2D eigenvalue weighted by molar-refractivity contribution is 6.32. The van der Waals surface area contributed by atoms with Crippen LogP contribution in [0.15, 0.2) is 48.9 Å². The van der Waals surface area contributed by atoms with E-state index in [1.807, 2.05) is 61.6 Å². The van der Waals surface area contributed by atoms with E-state index in [-0.39, 0.29) is 6.10 Å². The zero-order valence-electron chi connectivity index (χ0n) is 17.6. The van der Waals surface area contributed by atoms with Gasteiger partial charge in [-0.15, -0.1) is 0 Å². The number of nitrogens with zero attached hydrogens (tertiary/aromatic N) is 5. The number of pyridine rings is 1. The van der Waals surface area contributed by atoms with E-state index in [4.69, 9.17) is 16.3 Å². The molecule has 7 nitrogen and oxygen atoms in total. The largest absolute Gasteiger partial charge is 0.489 e. The van der Waals surface area contributed by atoms with Gasteiger partial charge in [-0.1, -0.05) is 23.7 Å². The maximum atomic E-state index is 6.22. The molecule has 0 amide bonds. The van der Waals surface area contributed by atoms with E-state index < -0.39 is 0 Å². The molecule has 5 rings (SSSR count). The van der Waals surface area contributed by atoms with Crippen LogP contribution in [-0.4, -0.2) is 36.7 Å². The van der Waals surface area contributed by atoms with E-state index in [1.165, 1.54) is 0 Å². The highest BCUT2D eigenvalue weighted by atomic mass is 35.5. The molecule has 4 aromatic rings. The SMILES string of the molecule is Cn1cc(-c2nn(C)c3cc(NC4CCC(Oc5ccccc5Cl)CC4)ncc23)cn1. The summed E-state index contributed by atoms with van der Waals surface area (Å²) in [7, 11) is 3.87. The second-order valence-electron chi connectivity index (χ2n) is 8.13. The normalized spacial score (nSPS) is 18.9. The minimum Gasteiger partial charge on any atom is -0.489 e. The van der Waals surface area contributed by atoms with Crippen molar-refractivity contribution >= 4 is 28.3 Å². The summed E-state index contributed by atoms with van der Waals surface area (Å²) in [6.45, 7) is 0. The molecule has 1 saturated carbocycles. The number of benzene rings is 1. The van der Waals surface area contributed by atoms with Crippen LogP contribution in [0.4, 0.5) is 5.82 Å². The molecule has 160 valence electrons. The molecular formula is C23H25ClN6O. The summed E-state index contributed by atoms with van der Waals surface area (Å²) in [5, 5.41) is 14.2. The molecule has 1 N–H and O–H groups in total. The molecule has 0 spiro atoms. The maximum absolute atomic E-state index is 6.22. The van der Waals surface area contributed by atoms with E-state index in [1.54, 1.807) is 4.68 Å². The Morgan fingerprint density at radius 2 is 1.90 bits per heavy atom. The van der Waals surface area contributed by atoms with Gasteiger partial charge in [-0.05, 0) is 37.8 Å². The Labute approximate surface area is 186 Å². The van der Waals surface area contributed by atoms with Crippen molar-refractivity contribution in [2.24, 2.45) is 14.1 Å². The summed E-state index contributed by atoms with van der Waals surface area (Å²) >= 11 is 6.22. The first kappa shape index (κ1) is 19.9. The topological polar surface area (TPSA) is 69.8 Å². The van der Waals surface area contributed by atoms with Crippen LogP contribution < -0.4 is 10.1 Å². The number of aryl methyl sites for hydroxylation is 2. The summed E-state index contributed by atoms with van der Waals surface area (Å²) in [5.74, 6) is 1.65. The smallest absolute Gasteiger partial charge is 0.138 e. The Morgan fingerprint density at radius 1 is 1.10 bits per heavy atom. The Hall–Kier alpha value is -3.06. The van der Waals surface area contributed by atoms with Crippen LogP contribution in [0, 0.1) is 0 Å². The average molecular weight is 437 g/mol. The van der Waals surface area contributed by atoms with Crippen molar-refractivity contribution in [3.63, 3.8) is 0 Å². The van der Waals surface area contributed by atoms with Crippen LogP contribution >= 0.6 is 11.6 Å². The minimum absolute atomic E-state index is 0.201. The standard InChI is InChI=1S/C23H25ClN6O/c1-29-14-15(12-26-29)23-18-13-25-22(11-20(18)30(2)28-23)27-16-7-9-17(10-8-16)31-21-6-4-3-5-19(21)24/h3-6,11-14,16-17H,7-10H2,1-2H3,(H,25,27). The molecule has 3 aromatic heterocycles. The summed E-state index contributed by atoms with van der Waals surface area (Å²) < 4.78 is 9.80. The Morgan fingerprint density at radius 3 is 2.65 bits per heavy atom. The van der Waals surface area contributed by atoms with E-state index in [9.17, 15) is 0 Å². The number of anilines is 1. The maximum Gasteiger partial charge on any atom is 0.138 e. The van der Waals surface area contributed by atoms with Gasteiger partial charge in [0.1, 0.15) is 17.3 Å². The van der Waals surface area contributed by atoms with Crippen molar-refractivity contribution < 1.29 is 4.74 Å². The van der Waals surface area contributed by atoms with Gasteiger partial charge in [0, 0.05) is 49.5 Å². The number of aromatic nitrogens is 5. The van der Waals surface area contributed by atoms with Gasteiger partial charge in [-0.3, -0.25) is 9.36 Å². The van der Waals surface area contributed by atoms with Gasteiger partial charge in [-0.2, -0.15) is 10.2 Å². The Kier molecular flexibility index (Phi) is 5.28. The zero-order chi connectivity index (χ0) is 21.4. The first-order valence-corrected chi connectivity index (χ1v) is 10.9. The second kappa shape index (κ2) is 8.23. The van der Waals surface area contributed by atoms with Gasteiger partial charge < -0.3 is 10.1 Å².